The predicted molar refractivity (Wildman–Crippen MR) is 128 cm³/mol. The van der Waals surface area contributed by atoms with Crippen LogP contribution in [0.4, 0.5) is 13.2 Å². The monoisotopic (exact) mass is 491 g/mol. The van der Waals surface area contributed by atoms with E-state index >= 15 is 0 Å². The number of hydrogen-bond acceptors (Lipinski definition) is 4. The van der Waals surface area contributed by atoms with Gasteiger partial charge >= 0.3 is 0 Å². The van der Waals surface area contributed by atoms with Crippen LogP contribution in [0.3, 0.4) is 0 Å². The fraction of sp³-hybridized carbons (Fsp3) is 0.462. The van der Waals surface area contributed by atoms with Crippen molar-refractivity contribution in [3.8, 4) is 5.75 Å². The van der Waals surface area contributed by atoms with Crippen LogP contribution in [0, 0.1) is 5.92 Å². The Morgan fingerprint density at radius 3 is 2.49 bits per heavy atom. The lowest BCUT2D eigenvalue weighted by Gasteiger charge is -2.24. The van der Waals surface area contributed by atoms with Gasteiger partial charge in [0.15, 0.2) is 0 Å². The van der Waals surface area contributed by atoms with Crippen LogP contribution in [0.2, 0.25) is 0 Å². The predicted octanol–water partition coefficient (Wildman–Crippen LogP) is 3.91. The first-order valence-corrected chi connectivity index (χ1v) is 11.8. The maximum atomic E-state index is 14.2. The molecule has 0 spiro atoms. The van der Waals surface area contributed by atoms with Crippen molar-refractivity contribution in [1.29, 1.82) is 0 Å². The Hall–Kier alpha value is -3.07. The van der Waals surface area contributed by atoms with Gasteiger partial charge in [-0.15, -0.1) is 0 Å². The number of halogens is 3. The summed E-state index contributed by atoms with van der Waals surface area (Å²) in [5.74, 6) is -5.08. The first kappa shape index (κ1) is 26.5. The number of hydrogen-bond donors (Lipinski definition) is 3. The van der Waals surface area contributed by atoms with Crippen LogP contribution in [-0.4, -0.2) is 57.2 Å². The standard InChI is InChI=1S/C26H32F3N3O3/c1-4-31-15-26(28,29)16(2)10-11-32-24(33)18-12-19-22(17-8-6-5-7-9-17)21(14-27)35-23(19)20(13-18)25(34)30-3/h5-9,12-13,16,21-22,31H,4,10-11,14-15H2,1-3H3,(H,30,34)(H,32,33)/t16?,21-,22+/m1/s1. The highest BCUT2D eigenvalue weighted by molar-refractivity contribution is 6.02. The Kier molecular flexibility index (Phi) is 8.77. The number of benzene rings is 2. The second-order valence-corrected chi connectivity index (χ2v) is 8.71. The number of amides is 2. The molecule has 0 radical (unpaired) electrons. The molecule has 0 saturated carbocycles. The summed E-state index contributed by atoms with van der Waals surface area (Å²) in [4.78, 5) is 25.5. The fourth-order valence-electron chi connectivity index (χ4n) is 4.22. The average Bonchev–Trinajstić information content (AvgIpc) is 3.25. The summed E-state index contributed by atoms with van der Waals surface area (Å²) in [6.07, 6.45) is -0.759. The normalized spacial score (nSPS) is 17.9. The van der Waals surface area contributed by atoms with Crippen molar-refractivity contribution in [3.63, 3.8) is 0 Å². The minimum absolute atomic E-state index is 0.0415. The van der Waals surface area contributed by atoms with Crippen molar-refractivity contribution in [3.05, 3.63) is 64.7 Å². The summed E-state index contributed by atoms with van der Waals surface area (Å²) in [6.45, 7) is 2.49. The summed E-state index contributed by atoms with van der Waals surface area (Å²) in [5, 5.41) is 7.85. The number of alkyl halides is 3. The third-order valence-electron chi connectivity index (χ3n) is 6.33. The molecule has 1 heterocycles. The van der Waals surface area contributed by atoms with Gasteiger partial charge in [-0.3, -0.25) is 9.59 Å². The van der Waals surface area contributed by atoms with E-state index in [2.05, 4.69) is 16.0 Å². The van der Waals surface area contributed by atoms with Crippen molar-refractivity contribution >= 4 is 11.8 Å². The second-order valence-electron chi connectivity index (χ2n) is 8.71. The molecular weight excluding hydrogens is 459 g/mol. The maximum Gasteiger partial charge on any atom is 0.262 e. The zero-order valence-electron chi connectivity index (χ0n) is 20.2. The van der Waals surface area contributed by atoms with Gasteiger partial charge in [-0.25, -0.2) is 13.2 Å². The van der Waals surface area contributed by atoms with Crippen LogP contribution in [0.1, 0.15) is 58.0 Å². The summed E-state index contributed by atoms with van der Waals surface area (Å²) in [6, 6.07) is 12.2. The maximum absolute atomic E-state index is 14.2. The van der Waals surface area contributed by atoms with Crippen molar-refractivity contribution in [2.45, 2.75) is 38.2 Å². The van der Waals surface area contributed by atoms with Crippen LogP contribution in [0.5, 0.6) is 5.75 Å². The Bertz CT molecular complexity index is 1030. The first-order valence-electron chi connectivity index (χ1n) is 11.8. The number of ether oxygens (including phenoxy) is 1. The van der Waals surface area contributed by atoms with E-state index in [0.29, 0.717) is 12.1 Å². The number of fused-ring (bicyclic) bond motifs is 1. The smallest absolute Gasteiger partial charge is 0.262 e. The first-order chi connectivity index (χ1) is 16.7. The van der Waals surface area contributed by atoms with E-state index < -0.39 is 48.9 Å². The van der Waals surface area contributed by atoms with Crippen LogP contribution >= 0.6 is 0 Å². The van der Waals surface area contributed by atoms with Crippen LogP contribution < -0.4 is 20.7 Å². The van der Waals surface area contributed by atoms with Gasteiger partial charge in [0.05, 0.1) is 18.0 Å². The van der Waals surface area contributed by atoms with E-state index in [9.17, 15) is 22.8 Å². The zero-order chi connectivity index (χ0) is 25.6. The lowest BCUT2D eigenvalue weighted by Crippen LogP contribution is -2.39. The minimum atomic E-state index is -2.90. The number of rotatable bonds is 11. The Balaban J connectivity index is 1.85. The average molecular weight is 492 g/mol. The Morgan fingerprint density at radius 1 is 1.14 bits per heavy atom. The van der Waals surface area contributed by atoms with E-state index in [4.69, 9.17) is 4.74 Å². The molecule has 1 unspecified atom stereocenters. The Labute approximate surface area is 203 Å². The van der Waals surface area contributed by atoms with Gasteiger partial charge in [-0.1, -0.05) is 44.2 Å². The molecule has 3 N–H and O–H groups in total. The molecule has 2 aromatic rings. The topological polar surface area (TPSA) is 79.5 Å². The molecule has 35 heavy (non-hydrogen) atoms. The third kappa shape index (κ3) is 5.96. The molecule has 6 nitrogen and oxygen atoms in total. The third-order valence-corrected chi connectivity index (χ3v) is 6.33. The van der Waals surface area contributed by atoms with E-state index in [1.807, 2.05) is 30.3 Å². The number of nitrogens with one attached hydrogen (secondary N) is 3. The van der Waals surface area contributed by atoms with Crippen molar-refractivity contribution < 1.29 is 27.5 Å². The summed E-state index contributed by atoms with van der Waals surface area (Å²) < 4.78 is 48.1. The van der Waals surface area contributed by atoms with Crippen molar-refractivity contribution in [2.75, 3.05) is 33.4 Å². The molecular formula is C26H32F3N3O3. The molecule has 0 bridgehead atoms. The molecule has 0 aromatic heterocycles. The molecule has 1 aliphatic heterocycles. The summed E-state index contributed by atoms with van der Waals surface area (Å²) in [5.41, 5.74) is 1.64. The fourth-order valence-corrected chi connectivity index (χ4v) is 4.22. The van der Waals surface area contributed by atoms with E-state index in [1.165, 1.54) is 20.0 Å². The van der Waals surface area contributed by atoms with Gasteiger partial charge in [-0.2, -0.15) is 0 Å². The van der Waals surface area contributed by atoms with Gasteiger partial charge in [0.25, 0.3) is 17.7 Å². The largest absolute Gasteiger partial charge is 0.486 e. The summed E-state index contributed by atoms with van der Waals surface area (Å²) in [7, 11) is 1.45. The van der Waals surface area contributed by atoms with Gasteiger partial charge in [0.2, 0.25) is 0 Å². The minimum Gasteiger partial charge on any atom is -0.486 e. The molecule has 9 heteroatoms. The highest BCUT2D eigenvalue weighted by Crippen LogP contribution is 2.45. The van der Waals surface area contributed by atoms with Gasteiger partial charge in [0.1, 0.15) is 18.5 Å². The van der Waals surface area contributed by atoms with E-state index in [-0.39, 0.29) is 29.8 Å². The molecule has 0 aliphatic carbocycles. The molecule has 190 valence electrons. The van der Waals surface area contributed by atoms with Crippen molar-refractivity contribution in [1.82, 2.24) is 16.0 Å². The van der Waals surface area contributed by atoms with Crippen LogP contribution in [0.15, 0.2) is 42.5 Å². The number of carbonyl (C=O) groups excluding carboxylic acids is 2. The second kappa shape index (κ2) is 11.6. The molecule has 0 fully saturated rings. The van der Waals surface area contributed by atoms with Crippen LogP contribution in [0.25, 0.3) is 0 Å². The van der Waals surface area contributed by atoms with Gasteiger partial charge < -0.3 is 20.7 Å². The van der Waals surface area contributed by atoms with Gasteiger partial charge in [-0.05, 0) is 30.7 Å². The quantitative estimate of drug-likeness (QED) is 0.445. The van der Waals surface area contributed by atoms with Crippen LogP contribution in [-0.2, 0) is 0 Å². The molecule has 0 saturated heterocycles. The molecule has 3 rings (SSSR count). The lowest BCUT2D eigenvalue weighted by molar-refractivity contribution is -0.0513. The van der Waals surface area contributed by atoms with E-state index in [0.717, 1.165) is 5.56 Å². The van der Waals surface area contributed by atoms with E-state index in [1.54, 1.807) is 13.0 Å². The highest BCUT2D eigenvalue weighted by atomic mass is 19.3. The molecule has 3 atom stereocenters. The van der Waals surface area contributed by atoms with Crippen molar-refractivity contribution in [2.24, 2.45) is 5.92 Å². The zero-order valence-corrected chi connectivity index (χ0v) is 20.2. The molecule has 1 aliphatic rings. The highest BCUT2D eigenvalue weighted by Gasteiger charge is 2.39. The molecule has 2 amide bonds. The lowest BCUT2D eigenvalue weighted by atomic mass is 9.86. The molecule has 2 aromatic carbocycles. The SMILES string of the molecule is CCNCC(F)(F)C(C)CCNC(=O)c1cc(C(=O)NC)c2c(c1)[C@H](c1ccccc1)[C@@H](CF)O2. The van der Waals surface area contributed by atoms with Gasteiger partial charge in [0, 0.05) is 30.6 Å². The Morgan fingerprint density at radius 2 is 1.86 bits per heavy atom. The number of carbonyl (C=O) groups is 2. The summed E-state index contributed by atoms with van der Waals surface area (Å²) >= 11 is 0.